The Hall–Kier alpha value is -1.61. The van der Waals surface area contributed by atoms with E-state index in [4.69, 9.17) is 9.47 Å². The van der Waals surface area contributed by atoms with Crippen molar-refractivity contribution in [1.82, 2.24) is 5.43 Å². The summed E-state index contributed by atoms with van der Waals surface area (Å²) in [5.74, 6) is 1.01. The fourth-order valence-electron chi connectivity index (χ4n) is 1.79. The van der Waals surface area contributed by atoms with Crippen LogP contribution in [0.4, 0.5) is 0 Å². The zero-order valence-corrected chi connectivity index (χ0v) is 16.7. The highest BCUT2D eigenvalue weighted by molar-refractivity contribution is 14.1. The Labute approximate surface area is 162 Å². The van der Waals surface area contributed by atoms with Gasteiger partial charge in [-0.2, -0.15) is 5.10 Å². The number of hydrogen-bond donors (Lipinski definition) is 1. The second-order valence-corrected chi connectivity index (χ2v) is 6.81. The van der Waals surface area contributed by atoms with Crippen molar-refractivity contribution in [3.63, 3.8) is 0 Å². The van der Waals surface area contributed by atoms with E-state index in [-0.39, 0.29) is 12.5 Å². The molecule has 2 aromatic carbocycles. The number of benzene rings is 2. The van der Waals surface area contributed by atoms with Crippen molar-refractivity contribution in [2.75, 3.05) is 13.2 Å². The van der Waals surface area contributed by atoms with Gasteiger partial charge in [0.1, 0.15) is 11.5 Å². The van der Waals surface area contributed by atoms with Crippen LogP contribution in [0.15, 0.2) is 52.0 Å². The number of hydrogen-bond acceptors (Lipinski definition) is 4. The van der Waals surface area contributed by atoms with E-state index in [1.54, 1.807) is 6.21 Å². The third-order valence-electron chi connectivity index (χ3n) is 2.85. The summed E-state index contributed by atoms with van der Waals surface area (Å²) in [7, 11) is 0. The van der Waals surface area contributed by atoms with Gasteiger partial charge in [0, 0.05) is 13.6 Å². The average molecular weight is 503 g/mol. The zero-order valence-electron chi connectivity index (χ0n) is 13.0. The SMILES string of the molecule is CCOc1ccc(Br)cc1/C=N/NC(=O)COc1ccc(I)cc1. The lowest BCUT2D eigenvalue weighted by Gasteiger charge is -2.07. The summed E-state index contributed by atoms with van der Waals surface area (Å²) in [5, 5.41) is 3.95. The molecule has 0 aliphatic heterocycles. The molecule has 1 N–H and O–H groups in total. The van der Waals surface area contributed by atoms with Crippen molar-refractivity contribution in [3.05, 3.63) is 56.1 Å². The Bertz CT molecular complexity index is 720. The lowest BCUT2D eigenvalue weighted by molar-refractivity contribution is -0.123. The van der Waals surface area contributed by atoms with Gasteiger partial charge in [-0.25, -0.2) is 5.43 Å². The fraction of sp³-hybridized carbons (Fsp3) is 0.176. The smallest absolute Gasteiger partial charge is 0.277 e. The number of amides is 1. The minimum atomic E-state index is -0.335. The minimum absolute atomic E-state index is 0.102. The number of halogens is 2. The van der Waals surface area contributed by atoms with Crippen molar-refractivity contribution in [2.45, 2.75) is 6.92 Å². The highest BCUT2D eigenvalue weighted by Crippen LogP contribution is 2.21. The van der Waals surface area contributed by atoms with E-state index in [1.165, 1.54) is 0 Å². The van der Waals surface area contributed by atoms with Crippen molar-refractivity contribution in [3.8, 4) is 11.5 Å². The average Bonchev–Trinajstić information content (AvgIpc) is 2.57. The molecule has 24 heavy (non-hydrogen) atoms. The first-order valence-electron chi connectivity index (χ1n) is 7.21. The summed E-state index contributed by atoms with van der Waals surface area (Å²) in [6.45, 7) is 2.36. The van der Waals surface area contributed by atoms with Crippen molar-refractivity contribution >= 4 is 50.6 Å². The van der Waals surface area contributed by atoms with Gasteiger partial charge < -0.3 is 9.47 Å². The molecule has 0 spiro atoms. The van der Waals surface area contributed by atoms with Crippen LogP contribution < -0.4 is 14.9 Å². The van der Waals surface area contributed by atoms with Crippen LogP contribution in [-0.4, -0.2) is 25.3 Å². The van der Waals surface area contributed by atoms with Gasteiger partial charge in [0.2, 0.25) is 0 Å². The number of nitrogens with one attached hydrogen (secondary N) is 1. The van der Waals surface area contributed by atoms with Gasteiger partial charge in [-0.3, -0.25) is 4.79 Å². The van der Waals surface area contributed by atoms with Crippen molar-refractivity contribution in [1.29, 1.82) is 0 Å². The van der Waals surface area contributed by atoms with Gasteiger partial charge in [0.05, 0.1) is 12.8 Å². The first kappa shape index (κ1) is 18.7. The summed E-state index contributed by atoms with van der Waals surface area (Å²) < 4.78 is 12.9. The van der Waals surface area contributed by atoms with Crippen LogP contribution in [0.3, 0.4) is 0 Å². The summed E-state index contributed by atoms with van der Waals surface area (Å²) in [5.41, 5.74) is 3.20. The van der Waals surface area contributed by atoms with E-state index >= 15 is 0 Å². The van der Waals surface area contributed by atoms with Crippen molar-refractivity contribution in [2.24, 2.45) is 5.10 Å². The molecular formula is C17H16BrIN2O3. The maximum Gasteiger partial charge on any atom is 0.277 e. The number of hydrazone groups is 1. The number of nitrogens with zero attached hydrogens (tertiary/aromatic N) is 1. The van der Waals surface area contributed by atoms with Gasteiger partial charge in [-0.05, 0) is 72.0 Å². The van der Waals surface area contributed by atoms with E-state index in [2.05, 4.69) is 49.0 Å². The molecule has 0 unspecified atom stereocenters. The predicted molar refractivity (Wildman–Crippen MR) is 106 cm³/mol. The Morgan fingerprint density at radius 3 is 2.71 bits per heavy atom. The first-order chi connectivity index (χ1) is 11.6. The Morgan fingerprint density at radius 1 is 1.25 bits per heavy atom. The molecule has 0 radical (unpaired) electrons. The van der Waals surface area contributed by atoms with Crippen LogP contribution in [0.1, 0.15) is 12.5 Å². The number of ether oxygens (including phenoxy) is 2. The number of carbonyl (C=O) groups excluding carboxylic acids is 1. The van der Waals surface area contributed by atoms with E-state index < -0.39 is 0 Å². The molecule has 7 heteroatoms. The monoisotopic (exact) mass is 502 g/mol. The molecule has 0 aliphatic rings. The normalized spacial score (nSPS) is 10.6. The molecule has 0 fully saturated rings. The summed E-state index contributed by atoms with van der Waals surface area (Å²) >= 11 is 5.60. The van der Waals surface area contributed by atoms with E-state index in [0.29, 0.717) is 18.1 Å². The molecule has 0 aliphatic carbocycles. The minimum Gasteiger partial charge on any atom is -0.493 e. The lowest BCUT2D eigenvalue weighted by atomic mass is 10.2. The molecular weight excluding hydrogens is 487 g/mol. The van der Waals surface area contributed by atoms with Crippen LogP contribution in [-0.2, 0) is 4.79 Å². The largest absolute Gasteiger partial charge is 0.493 e. The molecule has 0 aromatic heterocycles. The molecule has 1 amide bonds. The number of carbonyl (C=O) groups is 1. The van der Waals surface area contributed by atoms with E-state index in [1.807, 2.05) is 49.4 Å². The fourth-order valence-corrected chi connectivity index (χ4v) is 2.53. The van der Waals surface area contributed by atoms with Gasteiger partial charge in [-0.1, -0.05) is 15.9 Å². The second kappa shape index (κ2) is 9.63. The standard InChI is InChI=1S/C17H16BrIN2O3/c1-2-23-16-8-3-13(18)9-12(16)10-20-21-17(22)11-24-15-6-4-14(19)5-7-15/h3-10H,2,11H2,1H3,(H,21,22)/b20-10+. The molecule has 0 bridgehead atoms. The third-order valence-corrected chi connectivity index (χ3v) is 4.06. The van der Waals surface area contributed by atoms with Crippen LogP contribution in [0.2, 0.25) is 0 Å². The third kappa shape index (κ3) is 6.12. The molecule has 0 saturated carbocycles. The highest BCUT2D eigenvalue weighted by atomic mass is 127. The Morgan fingerprint density at radius 2 is 2.00 bits per heavy atom. The molecule has 2 rings (SSSR count). The van der Waals surface area contributed by atoms with Gasteiger partial charge in [0.25, 0.3) is 5.91 Å². The summed E-state index contributed by atoms with van der Waals surface area (Å²) in [6.07, 6.45) is 1.54. The van der Waals surface area contributed by atoms with Crippen LogP contribution >= 0.6 is 38.5 Å². The molecule has 0 atom stereocenters. The van der Waals surface area contributed by atoms with Gasteiger partial charge in [-0.15, -0.1) is 0 Å². The Balaban J connectivity index is 1.88. The molecule has 5 nitrogen and oxygen atoms in total. The zero-order chi connectivity index (χ0) is 17.4. The van der Waals surface area contributed by atoms with Crippen LogP contribution in [0.5, 0.6) is 11.5 Å². The van der Waals surface area contributed by atoms with Crippen LogP contribution in [0, 0.1) is 3.57 Å². The second-order valence-electron chi connectivity index (χ2n) is 4.65. The number of rotatable bonds is 7. The van der Waals surface area contributed by atoms with Crippen LogP contribution in [0.25, 0.3) is 0 Å². The van der Waals surface area contributed by atoms with Crippen molar-refractivity contribution < 1.29 is 14.3 Å². The lowest BCUT2D eigenvalue weighted by Crippen LogP contribution is -2.24. The van der Waals surface area contributed by atoms with Gasteiger partial charge >= 0.3 is 0 Å². The van der Waals surface area contributed by atoms with E-state index in [0.717, 1.165) is 13.6 Å². The van der Waals surface area contributed by atoms with E-state index in [9.17, 15) is 4.79 Å². The first-order valence-corrected chi connectivity index (χ1v) is 9.08. The predicted octanol–water partition coefficient (Wildman–Crippen LogP) is 3.98. The van der Waals surface area contributed by atoms with Gasteiger partial charge in [0.15, 0.2) is 6.61 Å². The maximum atomic E-state index is 11.8. The molecule has 2 aromatic rings. The summed E-state index contributed by atoms with van der Waals surface area (Å²) in [4.78, 5) is 11.8. The molecule has 126 valence electrons. The molecule has 0 saturated heterocycles. The highest BCUT2D eigenvalue weighted by Gasteiger charge is 2.04. The maximum absolute atomic E-state index is 11.8. The quantitative estimate of drug-likeness (QED) is 0.354. The Kier molecular flexibility index (Phi) is 7.51. The summed E-state index contributed by atoms with van der Waals surface area (Å²) in [6, 6.07) is 13.0. The topological polar surface area (TPSA) is 59.9 Å². The molecule has 0 heterocycles.